The van der Waals surface area contributed by atoms with Crippen LogP contribution < -0.4 is 20.5 Å². The van der Waals surface area contributed by atoms with E-state index in [9.17, 15) is 4.79 Å². The number of rotatable bonds is 4. The van der Waals surface area contributed by atoms with Crippen LogP contribution in [0.2, 0.25) is 0 Å². The first kappa shape index (κ1) is 18.8. The van der Waals surface area contributed by atoms with Gasteiger partial charge in [-0.05, 0) is 37.1 Å². The third-order valence-corrected chi connectivity index (χ3v) is 4.53. The summed E-state index contributed by atoms with van der Waals surface area (Å²) >= 11 is 0. The Hall–Kier alpha value is -1.50. The fourth-order valence-corrected chi connectivity index (χ4v) is 3.07. The van der Waals surface area contributed by atoms with Gasteiger partial charge in [0.1, 0.15) is 0 Å². The molecule has 2 aliphatic heterocycles. The van der Waals surface area contributed by atoms with E-state index in [1.54, 1.807) is 0 Å². The predicted octanol–water partition coefficient (Wildman–Crippen LogP) is 1.88. The molecule has 0 aliphatic carbocycles. The van der Waals surface area contributed by atoms with E-state index in [1.807, 2.05) is 18.2 Å². The zero-order valence-electron chi connectivity index (χ0n) is 14.0. The average molecular weight is 356 g/mol. The Balaban J connectivity index is 0.00000208. The normalized spacial score (nSPS) is 23.2. The molecule has 2 aliphatic rings. The Bertz CT molecular complexity index is 584. The minimum atomic E-state index is -0.0132. The summed E-state index contributed by atoms with van der Waals surface area (Å²) in [5.74, 6) is 1.41. The maximum Gasteiger partial charge on any atom is 0.238 e. The number of halogens is 1. The number of carbonyl (C=O) groups excluding carboxylic acids is 1. The Kier molecular flexibility index (Phi) is 6.32. The Morgan fingerprint density at radius 3 is 2.79 bits per heavy atom. The predicted molar refractivity (Wildman–Crippen MR) is 96.1 cm³/mol. The number of likely N-dealkylation sites (tertiary alicyclic amines) is 1. The number of nitrogens with one attached hydrogen (secondary N) is 1. The first-order valence-corrected chi connectivity index (χ1v) is 8.20. The van der Waals surface area contributed by atoms with Crippen molar-refractivity contribution in [1.29, 1.82) is 0 Å². The standard InChI is InChI=1S/C17H25N3O3.ClH/c1-17(11-18)5-6-20(12-17)10-16(21)19-13-3-4-14-15(9-13)23-8-2-7-22-14;/h3-4,9H,2,5-8,10-12,18H2,1H3,(H,19,21);1H. The molecule has 3 rings (SSSR count). The van der Waals surface area contributed by atoms with Crippen molar-refractivity contribution in [2.45, 2.75) is 19.8 Å². The Labute approximate surface area is 149 Å². The van der Waals surface area contributed by atoms with Crippen molar-refractivity contribution in [3.63, 3.8) is 0 Å². The maximum atomic E-state index is 12.2. The summed E-state index contributed by atoms with van der Waals surface area (Å²) < 4.78 is 11.2. The highest BCUT2D eigenvalue weighted by molar-refractivity contribution is 5.92. The number of amides is 1. The number of benzene rings is 1. The fraction of sp³-hybridized carbons (Fsp3) is 0.588. The summed E-state index contributed by atoms with van der Waals surface area (Å²) in [6.45, 7) is 6.32. The SMILES string of the molecule is CC1(CN)CCN(CC(=O)Nc2ccc3c(c2)OCCCO3)C1.Cl. The molecule has 0 saturated carbocycles. The van der Waals surface area contributed by atoms with E-state index >= 15 is 0 Å². The molecule has 7 heteroatoms. The van der Waals surface area contributed by atoms with Gasteiger partial charge in [0.25, 0.3) is 0 Å². The van der Waals surface area contributed by atoms with Crippen LogP contribution >= 0.6 is 12.4 Å². The van der Waals surface area contributed by atoms with Crippen LogP contribution in [-0.4, -0.2) is 50.2 Å². The zero-order chi connectivity index (χ0) is 16.3. The smallest absolute Gasteiger partial charge is 0.238 e. The molecule has 1 unspecified atom stereocenters. The summed E-state index contributed by atoms with van der Waals surface area (Å²) in [5, 5.41) is 2.94. The van der Waals surface area contributed by atoms with Crippen LogP contribution in [-0.2, 0) is 4.79 Å². The number of nitrogens with two attached hydrogens (primary N) is 1. The Morgan fingerprint density at radius 2 is 2.08 bits per heavy atom. The summed E-state index contributed by atoms with van der Waals surface area (Å²) in [6, 6.07) is 5.52. The number of hydrogen-bond acceptors (Lipinski definition) is 5. The van der Waals surface area contributed by atoms with Crippen LogP contribution in [0.15, 0.2) is 18.2 Å². The maximum absolute atomic E-state index is 12.2. The number of hydrogen-bond donors (Lipinski definition) is 2. The second-order valence-corrected chi connectivity index (χ2v) is 6.74. The molecule has 0 radical (unpaired) electrons. The number of carbonyl (C=O) groups is 1. The molecule has 1 atom stereocenters. The van der Waals surface area contributed by atoms with Gasteiger partial charge in [0.05, 0.1) is 19.8 Å². The molecule has 1 saturated heterocycles. The van der Waals surface area contributed by atoms with Gasteiger partial charge in [-0.25, -0.2) is 0 Å². The third-order valence-electron chi connectivity index (χ3n) is 4.53. The van der Waals surface area contributed by atoms with Crippen LogP contribution in [0.25, 0.3) is 0 Å². The molecule has 134 valence electrons. The Morgan fingerprint density at radius 1 is 1.33 bits per heavy atom. The highest BCUT2D eigenvalue weighted by Gasteiger charge is 2.33. The fourth-order valence-electron chi connectivity index (χ4n) is 3.07. The van der Waals surface area contributed by atoms with E-state index < -0.39 is 0 Å². The number of nitrogens with zero attached hydrogens (tertiary/aromatic N) is 1. The molecule has 0 spiro atoms. The topological polar surface area (TPSA) is 76.8 Å². The quantitative estimate of drug-likeness (QED) is 0.862. The van der Waals surface area contributed by atoms with E-state index in [0.717, 1.165) is 37.4 Å². The summed E-state index contributed by atoms with van der Waals surface area (Å²) in [6.07, 6.45) is 1.91. The molecule has 0 bridgehead atoms. The van der Waals surface area contributed by atoms with Gasteiger partial charge in [-0.3, -0.25) is 9.69 Å². The van der Waals surface area contributed by atoms with Crippen molar-refractivity contribution in [2.75, 3.05) is 44.7 Å². The van der Waals surface area contributed by atoms with Crippen molar-refractivity contribution in [2.24, 2.45) is 11.1 Å². The molecule has 6 nitrogen and oxygen atoms in total. The van der Waals surface area contributed by atoms with E-state index in [0.29, 0.717) is 32.1 Å². The van der Waals surface area contributed by atoms with Gasteiger partial charge < -0.3 is 20.5 Å². The lowest BCUT2D eigenvalue weighted by atomic mass is 9.90. The summed E-state index contributed by atoms with van der Waals surface area (Å²) in [4.78, 5) is 14.4. The minimum absolute atomic E-state index is 0. The second-order valence-electron chi connectivity index (χ2n) is 6.74. The second kappa shape index (κ2) is 8.05. The van der Waals surface area contributed by atoms with Crippen molar-refractivity contribution in [3.05, 3.63) is 18.2 Å². The summed E-state index contributed by atoms with van der Waals surface area (Å²) in [5.41, 5.74) is 6.68. The molecule has 2 heterocycles. The van der Waals surface area contributed by atoms with Crippen LogP contribution in [0.3, 0.4) is 0 Å². The van der Waals surface area contributed by atoms with Gasteiger partial charge in [0.15, 0.2) is 11.5 Å². The van der Waals surface area contributed by atoms with Gasteiger partial charge in [-0.2, -0.15) is 0 Å². The molecular formula is C17H26ClN3O3. The summed E-state index contributed by atoms with van der Waals surface area (Å²) in [7, 11) is 0. The molecule has 3 N–H and O–H groups in total. The minimum Gasteiger partial charge on any atom is -0.490 e. The monoisotopic (exact) mass is 355 g/mol. The number of fused-ring (bicyclic) bond motifs is 1. The third kappa shape index (κ3) is 4.53. The lowest BCUT2D eigenvalue weighted by molar-refractivity contribution is -0.117. The molecule has 1 aromatic rings. The van der Waals surface area contributed by atoms with Gasteiger partial charge >= 0.3 is 0 Å². The number of ether oxygens (including phenoxy) is 2. The molecule has 24 heavy (non-hydrogen) atoms. The van der Waals surface area contributed by atoms with Gasteiger partial charge in [0.2, 0.25) is 5.91 Å². The van der Waals surface area contributed by atoms with Crippen LogP contribution in [0.5, 0.6) is 11.5 Å². The lowest BCUT2D eigenvalue weighted by Crippen LogP contribution is -2.35. The van der Waals surface area contributed by atoms with Crippen LogP contribution in [0, 0.1) is 5.41 Å². The van der Waals surface area contributed by atoms with E-state index in [4.69, 9.17) is 15.2 Å². The first-order valence-electron chi connectivity index (χ1n) is 8.20. The van der Waals surface area contributed by atoms with Gasteiger partial charge in [-0.15, -0.1) is 12.4 Å². The molecule has 1 fully saturated rings. The van der Waals surface area contributed by atoms with Gasteiger partial charge in [0, 0.05) is 24.7 Å². The molecular weight excluding hydrogens is 330 g/mol. The van der Waals surface area contributed by atoms with Crippen molar-refractivity contribution in [1.82, 2.24) is 4.90 Å². The lowest BCUT2D eigenvalue weighted by Gasteiger charge is -2.22. The van der Waals surface area contributed by atoms with E-state index in [-0.39, 0.29) is 23.7 Å². The average Bonchev–Trinajstić information content (AvgIpc) is 2.76. The van der Waals surface area contributed by atoms with Crippen LogP contribution in [0.4, 0.5) is 5.69 Å². The number of anilines is 1. The highest BCUT2D eigenvalue weighted by atomic mass is 35.5. The molecule has 1 aromatic carbocycles. The zero-order valence-corrected chi connectivity index (χ0v) is 14.9. The van der Waals surface area contributed by atoms with Crippen molar-refractivity contribution < 1.29 is 14.3 Å². The van der Waals surface area contributed by atoms with Gasteiger partial charge in [-0.1, -0.05) is 6.92 Å². The van der Waals surface area contributed by atoms with Crippen molar-refractivity contribution >= 4 is 24.0 Å². The van der Waals surface area contributed by atoms with Crippen LogP contribution in [0.1, 0.15) is 19.8 Å². The van der Waals surface area contributed by atoms with E-state index in [2.05, 4.69) is 17.1 Å². The molecule has 0 aromatic heterocycles. The largest absolute Gasteiger partial charge is 0.490 e. The van der Waals surface area contributed by atoms with Crippen molar-refractivity contribution in [3.8, 4) is 11.5 Å². The highest BCUT2D eigenvalue weighted by Crippen LogP contribution is 2.32. The molecule has 1 amide bonds. The van der Waals surface area contributed by atoms with E-state index in [1.165, 1.54) is 0 Å². The first-order chi connectivity index (χ1) is 11.1.